The third-order valence-corrected chi connectivity index (χ3v) is 5.98. The second kappa shape index (κ2) is 7.54. The van der Waals surface area contributed by atoms with Crippen LogP contribution in [0, 0.1) is 19.8 Å². The molecular formula is C25H24N4O2. The van der Waals surface area contributed by atoms with Gasteiger partial charge in [-0.1, -0.05) is 30.3 Å². The number of imidazole rings is 1. The number of rotatable bonds is 5. The van der Waals surface area contributed by atoms with Gasteiger partial charge in [0, 0.05) is 23.5 Å². The first-order chi connectivity index (χ1) is 15.0. The van der Waals surface area contributed by atoms with Gasteiger partial charge in [-0.05, 0) is 61.9 Å². The van der Waals surface area contributed by atoms with Crippen LogP contribution in [-0.2, 0) is 4.79 Å². The molecule has 31 heavy (non-hydrogen) atoms. The van der Waals surface area contributed by atoms with Crippen LogP contribution >= 0.6 is 0 Å². The number of hydrogen-bond acceptors (Lipinski definition) is 3. The van der Waals surface area contributed by atoms with E-state index in [1.54, 1.807) is 12.3 Å². The fourth-order valence-electron chi connectivity index (χ4n) is 4.24. The highest BCUT2D eigenvalue weighted by molar-refractivity contribution is 5.97. The summed E-state index contributed by atoms with van der Waals surface area (Å²) in [6.07, 6.45) is 3.66. The Labute approximate surface area is 180 Å². The number of fused-ring (bicyclic) bond motifs is 1. The number of aromatic amines is 1. The largest absolute Gasteiger partial charge is 0.328 e. The number of anilines is 1. The van der Waals surface area contributed by atoms with Gasteiger partial charge >= 0.3 is 0 Å². The van der Waals surface area contributed by atoms with Crippen molar-refractivity contribution in [3.05, 3.63) is 82.3 Å². The number of nitrogens with zero attached hydrogens (tertiary/aromatic N) is 2. The number of carbonyl (C=O) groups is 1. The number of H-pyrrole nitrogens is 1. The van der Waals surface area contributed by atoms with Crippen LogP contribution in [0.4, 0.5) is 5.69 Å². The monoisotopic (exact) mass is 412 g/mol. The summed E-state index contributed by atoms with van der Waals surface area (Å²) in [6, 6.07) is 16.7. The quantitative estimate of drug-likeness (QED) is 0.503. The number of aromatic nitrogens is 3. The zero-order chi connectivity index (χ0) is 21.5. The van der Waals surface area contributed by atoms with Gasteiger partial charge in [-0.3, -0.25) is 9.59 Å². The number of pyridine rings is 1. The molecule has 6 heteroatoms. The third kappa shape index (κ3) is 3.54. The molecule has 1 unspecified atom stereocenters. The molecule has 2 aromatic heterocycles. The lowest BCUT2D eigenvalue weighted by molar-refractivity contribution is -0.119. The van der Waals surface area contributed by atoms with E-state index in [1.807, 2.05) is 60.9 Å². The molecule has 1 atom stereocenters. The van der Waals surface area contributed by atoms with Gasteiger partial charge in [0.1, 0.15) is 11.9 Å². The van der Waals surface area contributed by atoms with Crippen LogP contribution in [0.15, 0.2) is 65.6 Å². The molecule has 1 fully saturated rings. The van der Waals surface area contributed by atoms with E-state index in [0.29, 0.717) is 5.82 Å². The lowest BCUT2D eigenvalue weighted by atomic mass is 10.1. The van der Waals surface area contributed by atoms with Gasteiger partial charge in [-0.25, -0.2) is 4.98 Å². The van der Waals surface area contributed by atoms with Crippen molar-refractivity contribution in [1.82, 2.24) is 14.5 Å². The molecule has 2 heterocycles. The summed E-state index contributed by atoms with van der Waals surface area (Å²) < 4.78 is 2.05. The molecule has 0 aliphatic heterocycles. The lowest BCUT2D eigenvalue weighted by Crippen LogP contribution is -2.29. The van der Waals surface area contributed by atoms with Crippen molar-refractivity contribution >= 4 is 22.6 Å². The molecule has 0 saturated heterocycles. The molecule has 2 N–H and O–H groups in total. The zero-order valence-electron chi connectivity index (χ0n) is 17.6. The fourth-order valence-corrected chi connectivity index (χ4v) is 4.24. The van der Waals surface area contributed by atoms with Crippen molar-refractivity contribution in [2.24, 2.45) is 5.92 Å². The average Bonchev–Trinajstić information content (AvgIpc) is 3.52. The molecule has 0 spiro atoms. The van der Waals surface area contributed by atoms with Crippen molar-refractivity contribution in [3.8, 4) is 11.4 Å². The van der Waals surface area contributed by atoms with Crippen molar-refractivity contribution in [2.75, 3.05) is 5.32 Å². The smallest absolute Gasteiger partial charge is 0.247 e. The zero-order valence-corrected chi connectivity index (χ0v) is 17.6. The molecule has 156 valence electrons. The van der Waals surface area contributed by atoms with Crippen molar-refractivity contribution in [1.29, 1.82) is 0 Å². The van der Waals surface area contributed by atoms with Crippen LogP contribution in [0.5, 0.6) is 0 Å². The minimum Gasteiger partial charge on any atom is -0.328 e. The van der Waals surface area contributed by atoms with Gasteiger partial charge in [-0.15, -0.1) is 0 Å². The van der Waals surface area contributed by atoms with Crippen molar-refractivity contribution in [3.63, 3.8) is 0 Å². The molecule has 0 bridgehead atoms. The highest BCUT2D eigenvalue weighted by Crippen LogP contribution is 2.44. The summed E-state index contributed by atoms with van der Waals surface area (Å²) in [5.41, 5.74) is 5.30. The maximum Gasteiger partial charge on any atom is 0.247 e. The minimum absolute atomic E-state index is 0.0336. The molecule has 1 aliphatic carbocycles. The Hall–Kier alpha value is -3.67. The van der Waals surface area contributed by atoms with Gasteiger partial charge in [0.2, 0.25) is 11.5 Å². The normalized spacial score (nSPS) is 14.5. The number of nitrogens with one attached hydrogen (secondary N) is 2. The Morgan fingerprint density at radius 1 is 1.06 bits per heavy atom. The van der Waals surface area contributed by atoms with Gasteiger partial charge in [0.05, 0.1) is 11.0 Å². The van der Waals surface area contributed by atoms with E-state index < -0.39 is 0 Å². The number of carbonyl (C=O) groups excluding carboxylic acids is 1. The highest BCUT2D eigenvalue weighted by atomic mass is 16.2. The van der Waals surface area contributed by atoms with E-state index in [-0.39, 0.29) is 23.4 Å². The fraction of sp³-hybridized carbons (Fsp3) is 0.240. The van der Waals surface area contributed by atoms with Crippen LogP contribution in [0.3, 0.4) is 0 Å². The highest BCUT2D eigenvalue weighted by Gasteiger charge is 2.40. The Bertz CT molecular complexity index is 1310. The first-order valence-corrected chi connectivity index (χ1v) is 10.6. The van der Waals surface area contributed by atoms with Crippen LogP contribution in [-0.4, -0.2) is 20.4 Å². The topological polar surface area (TPSA) is 79.8 Å². The second-order valence-electron chi connectivity index (χ2n) is 8.27. The van der Waals surface area contributed by atoms with E-state index in [9.17, 15) is 9.59 Å². The molecule has 2 aromatic carbocycles. The van der Waals surface area contributed by atoms with Gasteiger partial charge < -0.3 is 14.9 Å². The molecule has 0 radical (unpaired) electrons. The van der Waals surface area contributed by atoms with E-state index in [4.69, 9.17) is 4.98 Å². The summed E-state index contributed by atoms with van der Waals surface area (Å²) in [4.78, 5) is 32.8. The molecular weight excluding hydrogens is 388 g/mol. The molecule has 6 nitrogen and oxygen atoms in total. The van der Waals surface area contributed by atoms with Crippen molar-refractivity contribution < 1.29 is 4.79 Å². The van der Waals surface area contributed by atoms with Crippen LogP contribution in [0.1, 0.15) is 30.0 Å². The van der Waals surface area contributed by atoms with E-state index in [1.165, 1.54) is 6.07 Å². The maximum atomic E-state index is 13.7. The summed E-state index contributed by atoms with van der Waals surface area (Å²) in [6.45, 7) is 4.01. The first kappa shape index (κ1) is 19.3. The number of benzene rings is 2. The summed E-state index contributed by atoms with van der Waals surface area (Å²) in [5, 5.41) is 3.20. The Morgan fingerprint density at radius 3 is 2.48 bits per heavy atom. The molecule has 4 aromatic rings. The van der Waals surface area contributed by atoms with Crippen LogP contribution in [0.25, 0.3) is 22.4 Å². The number of hydrogen-bond donors (Lipinski definition) is 2. The molecule has 1 aliphatic rings. The van der Waals surface area contributed by atoms with Gasteiger partial charge in [0.15, 0.2) is 0 Å². The summed E-state index contributed by atoms with van der Waals surface area (Å²) in [5.74, 6) is 0.906. The number of aryl methyl sites for hydroxylation is 2. The number of para-hydroxylation sites is 3. The minimum atomic E-state index is -0.381. The van der Waals surface area contributed by atoms with Gasteiger partial charge in [0.25, 0.3) is 0 Å². The van der Waals surface area contributed by atoms with Crippen LogP contribution < -0.4 is 10.9 Å². The second-order valence-corrected chi connectivity index (χ2v) is 8.27. The molecule has 1 amide bonds. The van der Waals surface area contributed by atoms with E-state index in [0.717, 1.165) is 46.3 Å². The summed E-state index contributed by atoms with van der Waals surface area (Å²) >= 11 is 0. The van der Waals surface area contributed by atoms with Crippen LogP contribution in [0.2, 0.25) is 0 Å². The van der Waals surface area contributed by atoms with E-state index in [2.05, 4.69) is 10.3 Å². The van der Waals surface area contributed by atoms with E-state index >= 15 is 0 Å². The average molecular weight is 412 g/mol. The van der Waals surface area contributed by atoms with Gasteiger partial charge in [-0.2, -0.15) is 0 Å². The SMILES string of the molecule is Cc1cccc(C)c1NC(=O)C(C1CC1)n1c(-c2ccc(=O)[nH]c2)nc2ccccc21. The number of amides is 1. The third-order valence-electron chi connectivity index (χ3n) is 5.98. The first-order valence-electron chi connectivity index (χ1n) is 10.6. The maximum absolute atomic E-state index is 13.7. The molecule has 1 saturated carbocycles. The summed E-state index contributed by atoms with van der Waals surface area (Å²) in [7, 11) is 0. The lowest BCUT2D eigenvalue weighted by Gasteiger charge is -2.22. The predicted molar refractivity (Wildman–Crippen MR) is 122 cm³/mol. The molecule has 5 rings (SSSR count). The standard InChI is InChI=1S/C25H24N4O2/c1-15-6-5-7-16(2)22(15)28-25(31)23(17-10-11-17)29-20-9-4-3-8-19(20)27-24(29)18-12-13-21(30)26-14-18/h3-9,12-14,17,23H,10-11H2,1-2H3,(H,26,30)(H,28,31). The van der Waals surface area contributed by atoms with Crippen molar-refractivity contribution in [2.45, 2.75) is 32.7 Å². The Kier molecular flexibility index (Phi) is 4.70. The Morgan fingerprint density at radius 2 is 1.81 bits per heavy atom. The Balaban J connectivity index is 1.65. The predicted octanol–water partition coefficient (Wildman–Crippen LogP) is 4.60.